The van der Waals surface area contributed by atoms with Gasteiger partial charge in [0.05, 0.1) is 23.4 Å². The number of benzene rings is 3. The summed E-state index contributed by atoms with van der Waals surface area (Å²) in [6, 6.07) is 9.45. The Hall–Kier alpha value is -4.36. The lowest BCUT2D eigenvalue weighted by molar-refractivity contribution is -0.193. The van der Waals surface area contributed by atoms with E-state index in [4.69, 9.17) is 0 Å². The van der Waals surface area contributed by atoms with Crippen LogP contribution in [0.5, 0.6) is 5.75 Å². The Morgan fingerprint density at radius 1 is 0.848 bits per heavy atom. The van der Waals surface area contributed by atoms with Gasteiger partial charge in [0.1, 0.15) is 22.9 Å². The first-order chi connectivity index (χ1) is 21.6. The molecule has 2 amide bonds. The van der Waals surface area contributed by atoms with Gasteiger partial charge >= 0.3 is 12.4 Å². The molecule has 5 rings (SSSR count). The SMILES string of the molecule is O=C(Nc1ccc(O)c(C(F)(F)F)c1)[C@H]1C[C@@H](C(F)(F)F)CN(C(=O)c2c(F)cccc2F)C1c1ccc(NC2CCCC2)cc1. The second-order valence-corrected chi connectivity index (χ2v) is 11.5. The first kappa shape index (κ1) is 33.0. The number of piperidine rings is 1. The molecule has 2 aliphatic rings. The zero-order valence-electron chi connectivity index (χ0n) is 24.1. The van der Waals surface area contributed by atoms with Crippen LogP contribution in [0.3, 0.4) is 0 Å². The lowest BCUT2D eigenvalue weighted by atomic mass is 9.78. The predicted octanol–water partition coefficient (Wildman–Crippen LogP) is 8.06. The van der Waals surface area contributed by atoms with E-state index in [2.05, 4.69) is 10.6 Å². The Kier molecular flexibility index (Phi) is 9.19. The monoisotopic (exact) mass is 655 g/mol. The highest BCUT2D eigenvalue weighted by Crippen LogP contribution is 2.46. The van der Waals surface area contributed by atoms with Gasteiger partial charge in [-0.25, -0.2) is 8.78 Å². The fourth-order valence-electron chi connectivity index (χ4n) is 6.19. The Balaban J connectivity index is 1.57. The van der Waals surface area contributed by atoms with Crippen molar-refractivity contribution in [1.82, 2.24) is 4.90 Å². The maximum absolute atomic E-state index is 14.8. The Bertz CT molecular complexity index is 1570. The van der Waals surface area contributed by atoms with E-state index in [1.165, 1.54) is 12.1 Å². The largest absolute Gasteiger partial charge is 0.507 e. The maximum Gasteiger partial charge on any atom is 0.420 e. The number of aromatic hydroxyl groups is 1. The summed E-state index contributed by atoms with van der Waals surface area (Å²) in [6.07, 6.45) is -6.87. The molecule has 0 aromatic heterocycles. The van der Waals surface area contributed by atoms with Crippen molar-refractivity contribution in [2.75, 3.05) is 17.2 Å². The van der Waals surface area contributed by atoms with Crippen molar-refractivity contribution in [1.29, 1.82) is 0 Å². The van der Waals surface area contributed by atoms with E-state index in [1.54, 1.807) is 12.1 Å². The molecule has 0 radical (unpaired) electrons. The maximum atomic E-state index is 14.8. The molecular weight excluding hydrogens is 626 g/mol. The fourth-order valence-corrected chi connectivity index (χ4v) is 6.19. The van der Waals surface area contributed by atoms with E-state index in [-0.39, 0.29) is 11.6 Å². The topological polar surface area (TPSA) is 81.7 Å². The van der Waals surface area contributed by atoms with Gasteiger partial charge in [0, 0.05) is 24.0 Å². The number of alkyl halides is 6. The number of nitrogens with one attached hydrogen (secondary N) is 2. The predicted molar refractivity (Wildman–Crippen MR) is 152 cm³/mol. The van der Waals surface area contributed by atoms with Gasteiger partial charge in [-0.1, -0.05) is 31.0 Å². The second-order valence-electron chi connectivity index (χ2n) is 11.5. The molecule has 3 aromatic rings. The number of carbonyl (C=O) groups is 2. The van der Waals surface area contributed by atoms with E-state index < -0.39 is 89.2 Å². The minimum atomic E-state index is -5.01. The molecule has 1 heterocycles. The lowest BCUT2D eigenvalue weighted by Gasteiger charge is -2.44. The summed E-state index contributed by atoms with van der Waals surface area (Å²) >= 11 is 0. The van der Waals surface area contributed by atoms with E-state index >= 15 is 0 Å². The lowest BCUT2D eigenvalue weighted by Crippen LogP contribution is -2.52. The summed E-state index contributed by atoms with van der Waals surface area (Å²) in [6.45, 7) is -1.04. The van der Waals surface area contributed by atoms with E-state index in [1.807, 2.05) is 0 Å². The molecule has 2 fully saturated rings. The molecule has 0 spiro atoms. The van der Waals surface area contributed by atoms with E-state index in [0.29, 0.717) is 22.7 Å². The van der Waals surface area contributed by atoms with E-state index in [0.717, 1.165) is 49.9 Å². The molecule has 1 saturated carbocycles. The van der Waals surface area contributed by atoms with Gasteiger partial charge in [-0.15, -0.1) is 0 Å². The van der Waals surface area contributed by atoms with Crippen molar-refractivity contribution in [2.24, 2.45) is 11.8 Å². The standard InChI is InChI=1S/C32H29F8N3O3/c33-24-6-3-7-25(34)27(24)30(46)43-16-18(31(35,36)37)14-22(29(45)42-21-12-13-26(44)23(15-21)32(38,39)40)28(43)17-8-10-20(11-9-17)41-19-4-1-2-5-19/h3,6-13,15,18-19,22,28,41,44H,1-2,4-5,14,16H2,(H,42,45)/t18-,22+,28?/m1/s1. The van der Waals surface area contributed by atoms with Crippen molar-refractivity contribution >= 4 is 23.2 Å². The van der Waals surface area contributed by atoms with Crippen LogP contribution in [0, 0.1) is 23.5 Å². The average molecular weight is 656 g/mol. The summed E-state index contributed by atoms with van der Waals surface area (Å²) in [4.78, 5) is 28.0. The number of phenolic OH excluding ortho intramolecular Hbond substituents is 1. The third-order valence-corrected chi connectivity index (χ3v) is 8.46. The minimum absolute atomic E-state index is 0.171. The molecule has 1 aliphatic heterocycles. The van der Waals surface area contributed by atoms with Gasteiger partial charge in [-0.2, -0.15) is 26.3 Å². The molecule has 14 heteroatoms. The summed E-state index contributed by atoms with van der Waals surface area (Å²) < 4.78 is 112. The number of nitrogens with zero attached hydrogens (tertiary/aromatic N) is 1. The molecule has 46 heavy (non-hydrogen) atoms. The molecule has 3 aromatic carbocycles. The molecule has 3 N–H and O–H groups in total. The zero-order valence-corrected chi connectivity index (χ0v) is 24.1. The van der Waals surface area contributed by atoms with Gasteiger partial charge < -0.3 is 20.6 Å². The quantitative estimate of drug-likeness (QED) is 0.185. The highest BCUT2D eigenvalue weighted by atomic mass is 19.4. The third-order valence-electron chi connectivity index (χ3n) is 8.46. The highest BCUT2D eigenvalue weighted by molar-refractivity contribution is 5.97. The highest BCUT2D eigenvalue weighted by Gasteiger charge is 2.52. The number of anilines is 2. The van der Waals surface area contributed by atoms with Crippen molar-refractivity contribution in [3.8, 4) is 5.75 Å². The fraction of sp³-hybridized carbons (Fsp3) is 0.375. The normalized spacial score (nSPS) is 20.9. The molecule has 1 aliphatic carbocycles. The number of amides is 2. The number of carbonyl (C=O) groups excluding carboxylic acids is 2. The van der Waals surface area contributed by atoms with Crippen LogP contribution in [0.4, 0.5) is 46.5 Å². The van der Waals surface area contributed by atoms with Crippen LogP contribution in [0.2, 0.25) is 0 Å². The Morgan fingerprint density at radius 3 is 2.04 bits per heavy atom. The minimum Gasteiger partial charge on any atom is -0.507 e. The summed E-state index contributed by atoms with van der Waals surface area (Å²) in [7, 11) is 0. The van der Waals surface area contributed by atoms with E-state index in [9.17, 15) is 49.8 Å². The first-order valence-corrected chi connectivity index (χ1v) is 14.5. The Morgan fingerprint density at radius 2 is 1.46 bits per heavy atom. The number of phenols is 1. The van der Waals surface area contributed by atoms with Crippen molar-refractivity contribution in [3.05, 3.63) is 89.0 Å². The van der Waals surface area contributed by atoms with Crippen molar-refractivity contribution < 1.29 is 49.8 Å². The smallest absolute Gasteiger partial charge is 0.420 e. The number of halogens is 8. The van der Waals surface area contributed by atoms with Gasteiger partial charge in [0.25, 0.3) is 5.91 Å². The van der Waals surface area contributed by atoms with Crippen molar-refractivity contribution in [3.63, 3.8) is 0 Å². The number of likely N-dealkylation sites (tertiary alicyclic amines) is 1. The number of hydrogen-bond acceptors (Lipinski definition) is 4. The van der Waals surface area contributed by atoms with Crippen LogP contribution in [0.25, 0.3) is 0 Å². The molecule has 3 atom stereocenters. The molecular formula is C32H29F8N3O3. The zero-order chi connectivity index (χ0) is 33.4. The first-order valence-electron chi connectivity index (χ1n) is 14.5. The third kappa shape index (κ3) is 7.05. The molecule has 6 nitrogen and oxygen atoms in total. The van der Waals surface area contributed by atoms with Gasteiger partial charge in [0.2, 0.25) is 5.91 Å². The van der Waals surface area contributed by atoms with Crippen LogP contribution < -0.4 is 10.6 Å². The van der Waals surface area contributed by atoms with Crippen LogP contribution in [0.1, 0.15) is 59.6 Å². The van der Waals surface area contributed by atoms with Crippen LogP contribution >= 0.6 is 0 Å². The Labute approximate surface area is 258 Å². The molecule has 1 saturated heterocycles. The molecule has 246 valence electrons. The summed E-state index contributed by atoms with van der Waals surface area (Å²) in [5.41, 5.74) is -2.23. The van der Waals surface area contributed by atoms with Crippen LogP contribution in [-0.2, 0) is 11.0 Å². The van der Waals surface area contributed by atoms with Gasteiger partial charge in [-0.05, 0) is 67.3 Å². The van der Waals surface area contributed by atoms with Crippen molar-refractivity contribution in [2.45, 2.75) is 56.5 Å². The second kappa shape index (κ2) is 12.8. The van der Waals surface area contributed by atoms with Gasteiger partial charge in [0.15, 0.2) is 0 Å². The number of hydrogen-bond donors (Lipinski definition) is 3. The molecule has 1 unspecified atom stereocenters. The van der Waals surface area contributed by atoms with Gasteiger partial charge in [-0.3, -0.25) is 9.59 Å². The summed E-state index contributed by atoms with van der Waals surface area (Å²) in [5, 5.41) is 15.2. The van der Waals surface area contributed by atoms with Crippen LogP contribution in [0.15, 0.2) is 60.7 Å². The summed E-state index contributed by atoms with van der Waals surface area (Å²) in [5.74, 6) is -10.4. The van der Waals surface area contributed by atoms with Crippen LogP contribution in [-0.4, -0.2) is 40.6 Å². The molecule has 0 bridgehead atoms. The average Bonchev–Trinajstić information content (AvgIpc) is 3.50. The number of rotatable bonds is 6.